The van der Waals surface area contributed by atoms with Crippen LogP contribution < -0.4 is 11.1 Å². The first-order valence-corrected chi connectivity index (χ1v) is 5.37. The standard InChI is InChI=1S/C11H16N2O2S/c1-7-8(4-5-15-7)9(14)13-6-11(2,3)10(12)16/h4-5H,6H2,1-3H3,(H2,12,16)(H,13,14). The molecule has 4 nitrogen and oxygen atoms in total. The van der Waals surface area contributed by atoms with E-state index in [9.17, 15) is 4.79 Å². The first-order chi connectivity index (χ1) is 7.34. The molecular weight excluding hydrogens is 224 g/mol. The number of hydrogen-bond donors (Lipinski definition) is 2. The van der Waals surface area contributed by atoms with Gasteiger partial charge in [0.25, 0.3) is 5.91 Å². The van der Waals surface area contributed by atoms with E-state index in [1.54, 1.807) is 13.0 Å². The van der Waals surface area contributed by atoms with E-state index >= 15 is 0 Å². The van der Waals surface area contributed by atoms with E-state index in [-0.39, 0.29) is 11.3 Å². The second kappa shape index (κ2) is 4.65. The fourth-order valence-corrected chi connectivity index (χ4v) is 1.18. The highest BCUT2D eigenvalue weighted by Crippen LogP contribution is 2.14. The van der Waals surface area contributed by atoms with E-state index in [2.05, 4.69) is 5.32 Å². The SMILES string of the molecule is Cc1occc1C(=O)NCC(C)(C)C(N)=S. The molecule has 0 aromatic carbocycles. The summed E-state index contributed by atoms with van der Waals surface area (Å²) in [4.78, 5) is 12.1. The lowest BCUT2D eigenvalue weighted by molar-refractivity contribution is 0.0943. The minimum absolute atomic E-state index is 0.171. The summed E-state index contributed by atoms with van der Waals surface area (Å²) in [5.41, 5.74) is 5.72. The average Bonchev–Trinajstić information content (AvgIpc) is 2.61. The van der Waals surface area contributed by atoms with Gasteiger partial charge in [0.15, 0.2) is 0 Å². The highest BCUT2D eigenvalue weighted by molar-refractivity contribution is 7.80. The zero-order chi connectivity index (χ0) is 12.3. The van der Waals surface area contributed by atoms with Crippen LogP contribution in [-0.4, -0.2) is 17.4 Å². The second-order valence-corrected chi connectivity index (χ2v) is 4.76. The molecule has 0 spiro atoms. The van der Waals surface area contributed by atoms with E-state index in [0.29, 0.717) is 22.9 Å². The quantitative estimate of drug-likeness (QED) is 0.785. The molecule has 0 radical (unpaired) electrons. The van der Waals surface area contributed by atoms with Gasteiger partial charge in [-0.15, -0.1) is 0 Å². The number of nitrogens with two attached hydrogens (primary N) is 1. The molecule has 1 rings (SSSR count). The normalized spacial score (nSPS) is 11.2. The fraction of sp³-hybridized carbons (Fsp3) is 0.455. The van der Waals surface area contributed by atoms with Gasteiger partial charge in [-0.25, -0.2) is 0 Å². The van der Waals surface area contributed by atoms with Crippen molar-refractivity contribution < 1.29 is 9.21 Å². The Balaban J connectivity index is 2.61. The lowest BCUT2D eigenvalue weighted by atomic mass is 9.93. The molecule has 88 valence electrons. The van der Waals surface area contributed by atoms with Crippen molar-refractivity contribution in [3.63, 3.8) is 0 Å². The number of furan rings is 1. The number of aryl methyl sites for hydroxylation is 1. The van der Waals surface area contributed by atoms with Gasteiger partial charge in [0.1, 0.15) is 5.76 Å². The van der Waals surface area contributed by atoms with Crippen molar-refractivity contribution >= 4 is 23.1 Å². The Kier molecular flexibility index (Phi) is 3.70. The van der Waals surface area contributed by atoms with Gasteiger partial charge in [-0.2, -0.15) is 0 Å². The van der Waals surface area contributed by atoms with Crippen molar-refractivity contribution in [1.29, 1.82) is 0 Å². The van der Waals surface area contributed by atoms with Crippen LogP contribution in [0.3, 0.4) is 0 Å². The molecule has 16 heavy (non-hydrogen) atoms. The second-order valence-electron chi connectivity index (χ2n) is 4.32. The van der Waals surface area contributed by atoms with Crippen LogP contribution in [0.15, 0.2) is 16.7 Å². The van der Waals surface area contributed by atoms with Crippen molar-refractivity contribution in [1.82, 2.24) is 5.32 Å². The fourth-order valence-electron chi connectivity index (χ4n) is 1.10. The molecule has 1 aromatic heterocycles. The molecule has 1 aromatic rings. The topological polar surface area (TPSA) is 68.3 Å². The minimum Gasteiger partial charge on any atom is -0.469 e. The Hall–Kier alpha value is -1.36. The predicted molar refractivity (Wildman–Crippen MR) is 66.3 cm³/mol. The van der Waals surface area contributed by atoms with Gasteiger partial charge in [-0.1, -0.05) is 26.1 Å². The van der Waals surface area contributed by atoms with Crippen LogP contribution in [0.5, 0.6) is 0 Å². The zero-order valence-corrected chi connectivity index (χ0v) is 10.5. The van der Waals surface area contributed by atoms with Gasteiger partial charge in [0.2, 0.25) is 0 Å². The first kappa shape index (κ1) is 12.7. The molecule has 0 saturated heterocycles. The van der Waals surface area contributed by atoms with E-state index in [1.807, 2.05) is 13.8 Å². The molecule has 0 saturated carbocycles. The minimum atomic E-state index is -0.386. The van der Waals surface area contributed by atoms with Crippen LogP contribution in [0.2, 0.25) is 0 Å². The molecule has 0 atom stereocenters. The number of carbonyl (C=O) groups is 1. The van der Waals surface area contributed by atoms with Crippen molar-refractivity contribution in [2.75, 3.05) is 6.54 Å². The Labute approximate surface area is 100 Å². The maximum atomic E-state index is 11.7. The average molecular weight is 240 g/mol. The summed E-state index contributed by atoms with van der Waals surface area (Å²) in [6.07, 6.45) is 1.49. The van der Waals surface area contributed by atoms with Crippen LogP contribution in [0, 0.1) is 12.3 Å². The van der Waals surface area contributed by atoms with Gasteiger partial charge >= 0.3 is 0 Å². The van der Waals surface area contributed by atoms with Crippen LogP contribution in [-0.2, 0) is 0 Å². The van der Waals surface area contributed by atoms with Crippen molar-refractivity contribution in [2.24, 2.45) is 11.1 Å². The summed E-state index contributed by atoms with van der Waals surface area (Å²) in [6.45, 7) is 5.93. The summed E-state index contributed by atoms with van der Waals surface area (Å²) in [6, 6.07) is 1.64. The molecule has 0 aliphatic carbocycles. The number of hydrogen-bond acceptors (Lipinski definition) is 3. The number of rotatable bonds is 4. The molecule has 0 fully saturated rings. The van der Waals surface area contributed by atoms with Gasteiger partial charge in [0.05, 0.1) is 16.8 Å². The summed E-state index contributed by atoms with van der Waals surface area (Å²) in [7, 11) is 0. The van der Waals surface area contributed by atoms with E-state index < -0.39 is 0 Å². The van der Waals surface area contributed by atoms with E-state index in [4.69, 9.17) is 22.4 Å². The largest absolute Gasteiger partial charge is 0.469 e. The third-order valence-corrected chi connectivity index (χ3v) is 3.01. The monoisotopic (exact) mass is 240 g/mol. The number of thiocarbonyl (C=S) groups is 1. The molecule has 5 heteroatoms. The highest BCUT2D eigenvalue weighted by atomic mass is 32.1. The van der Waals surface area contributed by atoms with Crippen molar-refractivity contribution in [2.45, 2.75) is 20.8 Å². The summed E-state index contributed by atoms with van der Waals surface area (Å²) in [5, 5.41) is 2.78. The molecule has 0 aliphatic heterocycles. The van der Waals surface area contributed by atoms with E-state index in [1.165, 1.54) is 6.26 Å². The van der Waals surface area contributed by atoms with Gasteiger partial charge < -0.3 is 15.5 Å². The molecule has 0 unspecified atom stereocenters. The lowest BCUT2D eigenvalue weighted by Crippen LogP contribution is -2.41. The smallest absolute Gasteiger partial charge is 0.254 e. The van der Waals surface area contributed by atoms with Crippen LogP contribution in [0.25, 0.3) is 0 Å². The maximum absolute atomic E-state index is 11.7. The maximum Gasteiger partial charge on any atom is 0.254 e. The third-order valence-electron chi connectivity index (χ3n) is 2.46. The highest BCUT2D eigenvalue weighted by Gasteiger charge is 2.23. The summed E-state index contributed by atoms with van der Waals surface area (Å²) in [5.74, 6) is 0.432. The Morgan fingerprint density at radius 1 is 1.62 bits per heavy atom. The van der Waals surface area contributed by atoms with Gasteiger partial charge in [-0.05, 0) is 13.0 Å². The van der Waals surface area contributed by atoms with Crippen molar-refractivity contribution in [3.05, 3.63) is 23.7 Å². The molecule has 3 N–H and O–H groups in total. The van der Waals surface area contributed by atoms with Crippen LogP contribution in [0.4, 0.5) is 0 Å². The van der Waals surface area contributed by atoms with Gasteiger partial charge in [-0.3, -0.25) is 4.79 Å². The first-order valence-electron chi connectivity index (χ1n) is 4.97. The predicted octanol–water partition coefficient (Wildman–Crippen LogP) is 1.63. The number of carbonyl (C=O) groups excluding carboxylic acids is 1. The third kappa shape index (κ3) is 2.82. The number of amides is 1. The van der Waals surface area contributed by atoms with E-state index in [0.717, 1.165) is 0 Å². The van der Waals surface area contributed by atoms with Crippen LogP contribution >= 0.6 is 12.2 Å². The molecule has 0 aliphatic rings. The lowest BCUT2D eigenvalue weighted by Gasteiger charge is -2.23. The number of nitrogens with one attached hydrogen (secondary N) is 1. The molecule has 1 heterocycles. The van der Waals surface area contributed by atoms with Crippen LogP contribution in [0.1, 0.15) is 30.0 Å². The molecule has 1 amide bonds. The van der Waals surface area contributed by atoms with Gasteiger partial charge in [0, 0.05) is 12.0 Å². The zero-order valence-electron chi connectivity index (χ0n) is 9.66. The summed E-state index contributed by atoms with van der Waals surface area (Å²) >= 11 is 4.92. The molecule has 0 bridgehead atoms. The Morgan fingerprint density at radius 2 is 2.25 bits per heavy atom. The van der Waals surface area contributed by atoms with Crippen molar-refractivity contribution in [3.8, 4) is 0 Å². The summed E-state index contributed by atoms with van der Waals surface area (Å²) < 4.78 is 5.05. The Bertz CT molecular complexity index is 410. The Morgan fingerprint density at radius 3 is 2.69 bits per heavy atom. The molecular formula is C11H16N2O2S.